The number of carbonyl (C=O) groups is 1. The van der Waals surface area contributed by atoms with E-state index in [0.717, 1.165) is 17.0 Å². The Bertz CT molecular complexity index is 615. The van der Waals surface area contributed by atoms with E-state index in [-0.39, 0.29) is 5.78 Å². The van der Waals surface area contributed by atoms with Gasteiger partial charge in [-0.1, -0.05) is 11.6 Å². The van der Waals surface area contributed by atoms with E-state index in [1.807, 2.05) is 45.2 Å². The topological polar surface area (TPSA) is 44.1 Å². The van der Waals surface area contributed by atoms with E-state index in [1.165, 1.54) is 0 Å². The van der Waals surface area contributed by atoms with Crippen molar-refractivity contribution in [2.24, 2.45) is 7.05 Å². The van der Waals surface area contributed by atoms with E-state index < -0.39 is 0 Å². The quantitative estimate of drug-likeness (QED) is 0.791. The average Bonchev–Trinajstić information content (AvgIpc) is 2.67. The molecule has 0 aliphatic carbocycles. The number of hydrogen-bond acceptors (Lipinski definition) is 3. The zero-order valence-corrected chi connectivity index (χ0v) is 11.7. The normalized spacial score (nSPS) is 10.5. The van der Waals surface area contributed by atoms with Gasteiger partial charge in [-0.2, -0.15) is 5.10 Å². The number of benzene rings is 1. The van der Waals surface area contributed by atoms with Crippen LogP contribution in [-0.4, -0.2) is 22.7 Å². The third kappa shape index (κ3) is 2.84. The summed E-state index contributed by atoms with van der Waals surface area (Å²) < 4.78 is 7.00. The highest BCUT2D eigenvalue weighted by molar-refractivity contribution is 6.00. The van der Waals surface area contributed by atoms with Crippen molar-refractivity contribution in [2.45, 2.75) is 20.3 Å². The maximum atomic E-state index is 12.4. The van der Waals surface area contributed by atoms with Gasteiger partial charge in [0, 0.05) is 12.7 Å². The molecule has 100 valence electrons. The van der Waals surface area contributed by atoms with Crippen molar-refractivity contribution in [1.82, 2.24) is 9.78 Å². The number of carbonyl (C=O) groups excluding carboxylic acids is 1. The molecule has 19 heavy (non-hydrogen) atoms. The van der Waals surface area contributed by atoms with Crippen LogP contribution in [-0.2, 0) is 13.5 Å². The van der Waals surface area contributed by atoms with E-state index in [0.29, 0.717) is 17.7 Å². The maximum Gasteiger partial charge on any atom is 0.172 e. The fourth-order valence-electron chi connectivity index (χ4n) is 2.13. The van der Waals surface area contributed by atoms with Crippen molar-refractivity contribution in [2.75, 3.05) is 7.11 Å². The summed E-state index contributed by atoms with van der Waals surface area (Å²) in [6, 6.07) is 7.56. The third-order valence-electron chi connectivity index (χ3n) is 3.10. The Morgan fingerprint density at radius 1 is 1.32 bits per heavy atom. The molecule has 0 aliphatic heterocycles. The number of Topliss-reactive ketones (excluding diaryl/α,β-unsaturated/α-hetero) is 1. The number of ketones is 1. The van der Waals surface area contributed by atoms with Crippen LogP contribution in [0.25, 0.3) is 0 Å². The number of methoxy groups -OCH3 is 1. The Morgan fingerprint density at radius 3 is 2.63 bits per heavy atom. The average molecular weight is 258 g/mol. The van der Waals surface area contributed by atoms with E-state index in [1.54, 1.807) is 11.8 Å². The van der Waals surface area contributed by atoms with Crippen LogP contribution in [0.4, 0.5) is 0 Å². The lowest BCUT2D eigenvalue weighted by atomic mass is 10.0. The summed E-state index contributed by atoms with van der Waals surface area (Å²) in [7, 11) is 3.43. The van der Waals surface area contributed by atoms with E-state index in [2.05, 4.69) is 5.10 Å². The van der Waals surface area contributed by atoms with E-state index in [9.17, 15) is 4.79 Å². The molecule has 2 rings (SSSR count). The lowest BCUT2D eigenvalue weighted by molar-refractivity contribution is 0.0987. The zero-order valence-electron chi connectivity index (χ0n) is 11.7. The summed E-state index contributed by atoms with van der Waals surface area (Å²) in [5.41, 5.74) is 3.50. The van der Waals surface area contributed by atoms with Crippen LogP contribution in [0.1, 0.15) is 27.3 Å². The van der Waals surface area contributed by atoms with Gasteiger partial charge in [-0.05, 0) is 32.0 Å². The molecule has 0 amide bonds. The van der Waals surface area contributed by atoms with Crippen molar-refractivity contribution < 1.29 is 9.53 Å². The Kier molecular flexibility index (Phi) is 3.69. The summed E-state index contributed by atoms with van der Waals surface area (Å²) in [5, 5.41) is 4.25. The van der Waals surface area contributed by atoms with Crippen LogP contribution in [0.3, 0.4) is 0 Å². The highest BCUT2D eigenvalue weighted by Gasteiger charge is 2.15. The van der Waals surface area contributed by atoms with Gasteiger partial charge >= 0.3 is 0 Å². The second kappa shape index (κ2) is 5.26. The summed E-state index contributed by atoms with van der Waals surface area (Å²) in [6.07, 6.45) is 0.331. The van der Waals surface area contributed by atoms with Crippen LogP contribution in [0.15, 0.2) is 24.3 Å². The Morgan fingerprint density at radius 2 is 2.05 bits per heavy atom. The van der Waals surface area contributed by atoms with Crippen molar-refractivity contribution in [3.05, 3.63) is 46.8 Å². The molecule has 0 atom stereocenters. The number of hydrogen-bond donors (Lipinski definition) is 0. The van der Waals surface area contributed by atoms with Crippen molar-refractivity contribution in [3.8, 4) is 5.75 Å². The molecule has 0 radical (unpaired) electrons. The fourth-order valence-corrected chi connectivity index (χ4v) is 2.13. The van der Waals surface area contributed by atoms with Crippen molar-refractivity contribution in [3.63, 3.8) is 0 Å². The molecular weight excluding hydrogens is 240 g/mol. The first-order chi connectivity index (χ1) is 9.01. The first kappa shape index (κ1) is 13.3. The highest BCUT2D eigenvalue weighted by Crippen LogP contribution is 2.21. The molecule has 0 N–H and O–H groups in total. The van der Waals surface area contributed by atoms with E-state index >= 15 is 0 Å². The standard InChI is InChI=1S/C15H18N2O2/c1-10-5-6-15(19-4)13(7-10)14(18)9-12-8-11(2)16-17(12)3/h5-8H,9H2,1-4H3. The van der Waals surface area contributed by atoms with E-state index in [4.69, 9.17) is 4.74 Å². The van der Waals surface area contributed by atoms with Crippen LogP contribution in [0.5, 0.6) is 5.75 Å². The Labute approximate surface area is 113 Å². The van der Waals surface area contributed by atoms with Gasteiger partial charge in [0.2, 0.25) is 0 Å². The van der Waals surface area contributed by atoms with Crippen molar-refractivity contribution in [1.29, 1.82) is 0 Å². The third-order valence-corrected chi connectivity index (χ3v) is 3.10. The molecule has 1 aromatic heterocycles. The van der Waals surface area contributed by atoms with Gasteiger partial charge in [0.25, 0.3) is 0 Å². The first-order valence-electron chi connectivity index (χ1n) is 6.18. The molecule has 0 fully saturated rings. The number of aromatic nitrogens is 2. The van der Waals surface area contributed by atoms with Gasteiger partial charge in [0.05, 0.1) is 24.8 Å². The van der Waals surface area contributed by atoms with Crippen LogP contribution >= 0.6 is 0 Å². The lowest BCUT2D eigenvalue weighted by Crippen LogP contribution is -2.09. The molecule has 4 nitrogen and oxygen atoms in total. The Hall–Kier alpha value is -2.10. The minimum atomic E-state index is 0.0450. The minimum absolute atomic E-state index is 0.0450. The van der Waals surface area contributed by atoms with Crippen LogP contribution in [0.2, 0.25) is 0 Å². The summed E-state index contributed by atoms with van der Waals surface area (Å²) in [5.74, 6) is 0.665. The maximum absolute atomic E-state index is 12.4. The molecule has 4 heteroatoms. The molecule has 0 saturated carbocycles. The lowest BCUT2D eigenvalue weighted by Gasteiger charge is -2.08. The number of nitrogens with zero attached hydrogens (tertiary/aromatic N) is 2. The Balaban J connectivity index is 2.29. The van der Waals surface area contributed by atoms with Crippen LogP contribution < -0.4 is 4.74 Å². The number of aryl methyl sites for hydroxylation is 3. The van der Waals surface area contributed by atoms with Crippen molar-refractivity contribution >= 4 is 5.78 Å². The monoisotopic (exact) mass is 258 g/mol. The largest absolute Gasteiger partial charge is 0.496 e. The molecule has 0 bridgehead atoms. The second-order valence-electron chi connectivity index (χ2n) is 4.70. The fraction of sp³-hybridized carbons (Fsp3) is 0.333. The van der Waals surface area contributed by atoms with Gasteiger partial charge in [-0.3, -0.25) is 9.48 Å². The molecular formula is C15H18N2O2. The molecule has 0 aliphatic rings. The van der Waals surface area contributed by atoms with Gasteiger partial charge < -0.3 is 4.74 Å². The molecule has 1 aromatic carbocycles. The number of ether oxygens (including phenoxy) is 1. The smallest absolute Gasteiger partial charge is 0.172 e. The van der Waals surface area contributed by atoms with Gasteiger partial charge in [0.1, 0.15) is 5.75 Å². The van der Waals surface area contributed by atoms with Gasteiger partial charge in [-0.15, -0.1) is 0 Å². The molecule has 1 heterocycles. The molecule has 0 saturated heterocycles. The predicted octanol–water partition coefficient (Wildman–Crippen LogP) is 2.47. The summed E-state index contributed by atoms with van der Waals surface area (Å²) >= 11 is 0. The highest BCUT2D eigenvalue weighted by atomic mass is 16.5. The van der Waals surface area contributed by atoms with Crippen LogP contribution in [0, 0.1) is 13.8 Å². The van der Waals surface area contributed by atoms with Gasteiger partial charge in [0.15, 0.2) is 5.78 Å². The zero-order chi connectivity index (χ0) is 14.0. The molecule has 2 aromatic rings. The number of rotatable bonds is 4. The SMILES string of the molecule is COc1ccc(C)cc1C(=O)Cc1cc(C)nn1C. The summed E-state index contributed by atoms with van der Waals surface area (Å²) in [4.78, 5) is 12.4. The molecule has 0 spiro atoms. The minimum Gasteiger partial charge on any atom is -0.496 e. The first-order valence-corrected chi connectivity index (χ1v) is 6.18. The van der Waals surface area contributed by atoms with Gasteiger partial charge in [-0.25, -0.2) is 0 Å². The second-order valence-corrected chi connectivity index (χ2v) is 4.70. The molecule has 0 unspecified atom stereocenters. The predicted molar refractivity (Wildman–Crippen MR) is 73.7 cm³/mol. The summed E-state index contributed by atoms with van der Waals surface area (Å²) in [6.45, 7) is 3.88.